The van der Waals surface area contributed by atoms with Crippen molar-refractivity contribution in [3.8, 4) is 5.75 Å². The first-order valence-electron chi connectivity index (χ1n) is 8.49. The molecule has 3 rings (SSSR count). The van der Waals surface area contributed by atoms with Crippen LogP contribution in [0, 0.1) is 20.8 Å². The Balaban J connectivity index is 1.93. The fourth-order valence-corrected chi connectivity index (χ4v) is 3.26. The maximum atomic E-state index is 11.7. The van der Waals surface area contributed by atoms with Gasteiger partial charge < -0.3 is 9.47 Å². The van der Waals surface area contributed by atoms with Crippen molar-refractivity contribution in [3.63, 3.8) is 0 Å². The second-order valence-electron chi connectivity index (χ2n) is 6.55. The lowest BCUT2D eigenvalue weighted by atomic mass is 9.86. The van der Waals surface area contributed by atoms with Crippen LogP contribution >= 0.6 is 0 Å². The van der Waals surface area contributed by atoms with E-state index < -0.39 is 0 Å². The number of aryl methyl sites for hydroxylation is 1. The van der Waals surface area contributed by atoms with Gasteiger partial charge in [0.25, 0.3) is 0 Å². The largest absolute Gasteiger partial charge is 0.488 e. The third kappa shape index (κ3) is 3.45. The number of benzene rings is 2. The molecule has 24 heavy (non-hydrogen) atoms. The Morgan fingerprint density at radius 2 is 1.88 bits per heavy atom. The van der Waals surface area contributed by atoms with E-state index >= 15 is 0 Å². The maximum Gasteiger partial charge on any atom is 0.306 e. The predicted molar refractivity (Wildman–Crippen MR) is 94.4 cm³/mol. The first-order chi connectivity index (χ1) is 11.6. The van der Waals surface area contributed by atoms with Gasteiger partial charge in [0.15, 0.2) is 0 Å². The Labute approximate surface area is 143 Å². The number of hydrogen-bond acceptors (Lipinski definition) is 3. The van der Waals surface area contributed by atoms with Gasteiger partial charge in [-0.3, -0.25) is 4.79 Å². The Bertz CT molecular complexity index is 734. The van der Waals surface area contributed by atoms with E-state index in [-0.39, 0.29) is 11.9 Å². The zero-order valence-electron chi connectivity index (χ0n) is 14.6. The molecule has 3 nitrogen and oxygen atoms in total. The van der Waals surface area contributed by atoms with E-state index in [1.807, 2.05) is 18.2 Å². The van der Waals surface area contributed by atoms with Crippen molar-refractivity contribution in [2.75, 3.05) is 6.61 Å². The number of rotatable bonds is 4. The molecule has 0 N–H and O–H groups in total. The number of cyclic esters (lactones) is 1. The molecule has 126 valence electrons. The summed E-state index contributed by atoms with van der Waals surface area (Å²) in [7, 11) is 0. The summed E-state index contributed by atoms with van der Waals surface area (Å²) in [5.74, 6) is 0.993. The monoisotopic (exact) mass is 324 g/mol. The molecule has 1 heterocycles. The Kier molecular flexibility index (Phi) is 4.89. The third-order valence-corrected chi connectivity index (χ3v) is 4.94. The van der Waals surface area contributed by atoms with Crippen LogP contribution < -0.4 is 4.74 Å². The topological polar surface area (TPSA) is 35.5 Å². The van der Waals surface area contributed by atoms with Crippen molar-refractivity contribution < 1.29 is 14.3 Å². The molecular weight excluding hydrogens is 300 g/mol. The lowest BCUT2D eigenvalue weighted by Crippen LogP contribution is -2.20. The minimum absolute atomic E-state index is 0.115. The van der Waals surface area contributed by atoms with Crippen LogP contribution in [0.15, 0.2) is 36.4 Å². The van der Waals surface area contributed by atoms with Gasteiger partial charge in [-0.15, -0.1) is 0 Å². The zero-order valence-corrected chi connectivity index (χ0v) is 14.6. The van der Waals surface area contributed by atoms with Gasteiger partial charge in [-0.1, -0.05) is 36.4 Å². The van der Waals surface area contributed by atoms with Crippen LogP contribution in [0.5, 0.6) is 5.75 Å². The first kappa shape index (κ1) is 16.6. The fraction of sp³-hybridized carbons (Fsp3) is 0.381. The van der Waals surface area contributed by atoms with Crippen LogP contribution in [0.25, 0.3) is 0 Å². The van der Waals surface area contributed by atoms with E-state index in [1.54, 1.807) is 0 Å². The molecule has 0 aromatic heterocycles. The van der Waals surface area contributed by atoms with Crippen molar-refractivity contribution >= 4 is 5.97 Å². The zero-order chi connectivity index (χ0) is 17.1. The normalized spacial score (nSPS) is 17.5. The van der Waals surface area contributed by atoms with Gasteiger partial charge in [-0.25, -0.2) is 0 Å². The highest BCUT2D eigenvalue weighted by molar-refractivity contribution is 5.72. The van der Waals surface area contributed by atoms with E-state index in [9.17, 15) is 4.79 Å². The molecule has 0 aliphatic carbocycles. The summed E-state index contributed by atoms with van der Waals surface area (Å²) in [5, 5.41) is 0. The summed E-state index contributed by atoms with van der Waals surface area (Å²) >= 11 is 0. The minimum Gasteiger partial charge on any atom is -0.488 e. The second-order valence-corrected chi connectivity index (χ2v) is 6.55. The molecule has 0 amide bonds. The molecular formula is C21H24O3. The summed E-state index contributed by atoms with van der Waals surface area (Å²) in [4.78, 5) is 11.7. The number of esters is 1. The summed E-state index contributed by atoms with van der Waals surface area (Å²) in [6.07, 6.45) is 1.29. The van der Waals surface area contributed by atoms with Crippen molar-refractivity contribution in [3.05, 3.63) is 64.2 Å². The first-order valence-corrected chi connectivity index (χ1v) is 8.49. The highest BCUT2D eigenvalue weighted by atomic mass is 16.5. The van der Waals surface area contributed by atoms with Crippen LogP contribution in [0.1, 0.15) is 46.6 Å². The molecule has 0 radical (unpaired) electrons. The molecule has 1 atom stereocenters. The molecule has 1 aliphatic heterocycles. The Morgan fingerprint density at radius 1 is 1.12 bits per heavy atom. The highest BCUT2D eigenvalue weighted by Crippen LogP contribution is 2.39. The van der Waals surface area contributed by atoms with Crippen LogP contribution in [0.2, 0.25) is 0 Å². The van der Waals surface area contributed by atoms with Crippen molar-refractivity contribution in [1.29, 1.82) is 0 Å². The molecule has 1 fully saturated rings. The number of carbonyl (C=O) groups excluding carboxylic acids is 1. The number of carbonyl (C=O) groups is 1. The molecule has 1 aliphatic rings. The van der Waals surface area contributed by atoms with Crippen molar-refractivity contribution in [1.82, 2.24) is 0 Å². The second kappa shape index (κ2) is 7.08. The van der Waals surface area contributed by atoms with Crippen molar-refractivity contribution in [2.24, 2.45) is 0 Å². The predicted octanol–water partition coefficient (Wildman–Crippen LogP) is 4.61. The van der Waals surface area contributed by atoms with Crippen molar-refractivity contribution in [2.45, 2.75) is 46.1 Å². The smallest absolute Gasteiger partial charge is 0.306 e. The molecule has 3 heteroatoms. The Hall–Kier alpha value is -2.29. The quantitative estimate of drug-likeness (QED) is 0.770. The van der Waals surface area contributed by atoms with Gasteiger partial charge in [-0.2, -0.15) is 0 Å². The molecule has 0 bridgehead atoms. The third-order valence-electron chi connectivity index (χ3n) is 4.94. The average molecular weight is 324 g/mol. The highest BCUT2D eigenvalue weighted by Gasteiger charge is 2.26. The van der Waals surface area contributed by atoms with E-state index in [1.165, 1.54) is 16.7 Å². The van der Waals surface area contributed by atoms with Gasteiger partial charge >= 0.3 is 5.97 Å². The van der Waals surface area contributed by atoms with Gasteiger partial charge in [-0.05, 0) is 55.0 Å². The van der Waals surface area contributed by atoms with Crippen LogP contribution in [-0.4, -0.2) is 12.6 Å². The molecule has 2 aromatic carbocycles. The standard InChI is InChI=1S/C21H24O3/c1-14-11-19(18-9-10-23-20(22)12-18)21(16(3)15(14)2)24-13-17-7-5-4-6-8-17/h4-8,11,18H,9-10,12-13H2,1-3H3. The van der Waals surface area contributed by atoms with E-state index in [2.05, 4.69) is 39.0 Å². The fourth-order valence-electron chi connectivity index (χ4n) is 3.26. The van der Waals surface area contributed by atoms with E-state index in [0.29, 0.717) is 19.6 Å². The summed E-state index contributed by atoms with van der Waals surface area (Å²) in [6, 6.07) is 12.4. The van der Waals surface area contributed by atoms with E-state index in [0.717, 1.165) is 23.3 Å². The van der Waals surface area contributed by atoms with E-state index in [4.69, 9.17) is 9.47 Å². The lowest BCUT2D eigenvalue weighted by molar-refractivity contribution is -0.147. The van der Waals surface area contributed by atoms with Gasteiger partial charge in [0.05, 0.1) is 13.0 Å². The van der Waals surface area contributed by atoms with Gasteiger partial charge in [0, 0.05) is 5.92 Å². The Morgan fingerprint density at radius 3 is 2.58 bits per heavy atom. The summed E-state index contributed by atoms with van der Waals surface area (Å²) < 4.78 is 11.3. The molecule has 1 saturated heterocycles. The van der Waals surface area contributed by atoms with Crippen LogP contribution in [-0.2, 0) is 16.1 Å². The molecule has 0 spiro atoms. The molecule has 0 saturated carbocycles. The minimum atomic E-state index is -0.115. The number of ether oxygens (including phenoxy) is 2. The van der Waals surface area contributed by atoms with Crippen LogP contribution in [0.3, 0.4) is 0 Å². The summed E-state index contributed by atoms with van der Waals surface area (Å²) in [6.45, 7) is 7.38. The lowest BCUT2D eigenvalue weighted by Gasteiger charge is -2.26. The van der Waals surface area contributed by atoms with Gasteiger partial charge in [0.2, 0.25) is 0 Å². The SMILES string of the molecule is Cc1cc(C2CCOC(=O)C2)c(OCc2ccccc2)c(C)c1C. The molecule has 2 aromatic rings. The average Bonchev–Trinajstić information content (AvgIpc) is 2.59. The van der Waals surface area contributed by atoms with Gasteiger partial charge in [0.1, 0.15) is 12.4 Å². The number of hydrogen-bond donors (Lipinski definition) is 0. The molecule has 1 unspecified atom stereocenters. The summed E-state index contributed by atoms with van der Waals surface area (Å²) in [5.41, 5.74) is 5.95. The maximum absolute atomic E-state index is 11.7. The van der Waals surface area contributed by atoms with Crippen LogP contribution in [0.4, 0.5) is 0 Å².